The third-order valence-corrected chi connectivity index (χ3v) is 6.91. The number of benzene rings is 3. The van der Waals surface area contributed by atoms with Crippen LogP contribution in [0.25, 0.3) is 16.3 Å². The number of ether oxygens (including phenoxy) is 2. The third kappa shape index (κ3) is 4.03. The number of carboxylic acid groups (broad SMARTS) is 1. The van der Waals surface area contributed by atoms with Gasteiger partial charge in [-0.15, -0.1) is 0 Å². The smallest absolute Gasteiger partial charge is 0.344 e. The molecule has 2 atom stereocenters. The highest BCUT2D eigenvalue weighted by atomic mass is 16.5. The van der Waals surface area contributed by atoms with Crippen molar-refractivity contribution in [3.05, 3.63) is 71.3 Å². The number of methoxy groups -OCH3 is 1. The maximum absolute atomic E-state index is 13.6. The van der Waals surface area contributed by atoms with Gasteiger partial charge in [-0.1, -0.05) is 50.2 Å². The Balaban J connectivity index is 1.66. The highest BCUT2D eigenvalue weighted by molar-refractivity contribution is 6.12. The average Bonchev–Trinajstić information content (AvgIpc) is 2.82. The number of allylic oxidation sites excluding steroid dienone is 1. The lowest BCUT2D eigenvalue weighted by Gasteiger charge is -2.40. The highest BCUT2D eigenvalue weighted by Crippen LogP contribution is 2.52. The maximum atomic E-state index is 13.6. The molecular weight excluding hydrogens is 442 g/mol. The molecule has 1 aliphatic heterocycles. The lowest BCUT2D eigenvalue weighted by molar-refractivity contribution is -0.144. The number of nitrogens with one attached hydrogen (secondary N) is 1. The fourth-order valence-electron chi connectivity index (χ4n) is 5.29. The molecule has 0 spiro atoms. The van der Waals surface area contributed by atoms with Crippen LogP contribution in [0.3, 0.4) is 0 Å². The van der Waals surface area contributed by atoms with Gasteiger partial charge in [-0.25, -0.2) is 4.79 Å². The van der Waals surface area contributed by atoms with Crippen molar-refractivity contribution in [1.29, 1.82) is 0 Å². The SMILES string of the molecule is COc1cc([C@H]2Nc3ccc4ccccc4c3C3=C2C(=O)CC(C)(C)C3)ccc1O[C@@H](C)C(=O)O. The predicted octanol–water partition coefficient (Wildman–Crippen LogP) is 6.01. The Morgan fingerprint density at radius 2 is 1.86 bits per heavy atom. The van der Waals surface area contributed by atoms with Gasteiger partial charge >= 0.3 is 5.97 Å². The van der Waals surface area contributed by atoms with E-state index in [-0.39, 0.29) is 17.2 Å². The molecule has 0 saturated heterocycles. The lowest BCUT2D eigenvalue weighted by Crippen LogP contribution is -2.33. The molecule has 0 unspecified atom stereocenters. The molecule has 0 fully saturated rings. The van der Waals surface area contributed by atoms with E-state index in [1.54, 1.807) is 6.07 Å². The molecule has 2 N–H and O–H groups in total. The Bertz CT molecular complexity index is 1390. The van der Waals surface area contributed by atoms with Crippen LogP contribution in [0.2, 0.25) is 0 Å². The number of hydrogen-bond acceptors (Lipinski definition) is 5. The van der Waals surface area contributed by atoms with E-state index < -0.39 is 12.1 Å². The van der Waals surface area contributed by atoms with Crippen molar-refractivity contribution in [2.24, 2.45) is 5.41 Å². The summed E-state index contributed by atoms with van der Waals surface area (Å²) in [4.78, 5) is 24.9. The van der Waals surface area contributed by atoms with Crippen LogP contribution in [0.1, 0.15) is 50.8 Å². The van der Waals surface area contributed by atoms with Gasteiger partial charge < -0.3 is 19.9 Å². The predicted molar refractivity (Wildman–Crippen MR) is 136 cm³/mol. The number of aliphatic carboxylic acids is 1. The molecule has 3 aromatic carbocycles. The summed E-state index contributed by atoms with van der Waals surface area (Å²) < 4.78 is 11.1. The Morgan fingerprint density at radius 3 is 2.60 bits per heavy atom. The second kappa shape index (κ2) is 8.45. The van der Waals surface area contributed by atoms with E-state index in [1.165, 1.54) is 14.0 Å². The molecule has 0 bridgehead atoms. The van der Waals surface area contributed by atoms with Crippen LogP contribution in [-0.2, 0) is 9.59 Å². The summed E-state index contributed by atoms with van der Waals surface area (Å²) in [6.07, 6.45) is 0.277. The van der Waals surface area contributed by atoms with Crippen LogP contribution in [0.5, 0.6) is 11.5 Å². The number of carboxylic acids is 1. The van der Waals surface area contributed by atoms with Crippen molar-refractivity contribution in [3.63, 3.8) is 0 Å². The first kappa shape index (κ1) is 23.0. The van der Waals surface area contributed by atoms with Crippen molar-refractivity contribution in [3.8, 4) is 11.5 Å². The van der Waals surface area contributed by atoms with Crippen LogP contribution in [0.15, 0.2) is 60.2 Å². The number of hydrogen-bond donors (Lipinski definition) is 2. The van der Waals surface area contributed by atoms with Gasteiger partial charge in [0.25, 0.3) is 0 Å². The number of fused-ring (bicyclic) bond motifs is 4. The van der Waals surface area contributed by atoms with Crippen LogP contribution >= 0.6 is 0 Å². The molecule has 0 radical (unpaired) electrons. The average molecular weight is 472 g/mol. The normalized spacial score (nSPS) is 19.4. The molecule has 3 aromatic rings. The van der Waals surface area contributed by atoms with Gasteiger partial charge in [-0.2, -0.15) is 0 Å². The Kier molecular flexibility index (Phi) is 5.55. The first-order valence-corrected chi connectivity index (χ1v) is 11.8. The molecule has 1 heterocycles. The molecule has 35 heavy (non-hydrogen) atoms. The lowest BCUT2D eigenvalue weighted by atomic mass is 9.68. The second-order valence-electron chi connectivity index (χ2n) is 10.1. The maximum Gasteiger partial charge on any atom is 0.344 e. The largest absolute Gasteiger partial charge is 0.493 e. The first-order chi connectivity index (χ1) is 16.7. The van der Waals surface area contributed by atoms with E-state index in [0.29, 0.717) is 17.9 Å². The summed E-state index contributed by atoms with van der Waals surface area (Å²) in [5.41, 5.74) is 4.73. The quantitative estimate of drug-likeness (QED) is 0.474. The van der Waals surface area contributed by atoms with Gasteiger partial charge in [-0.05, 0) is 58.9 Å². The van der Waals surface area contributed by atoms with Crippen molar-refractivity contribution in [2.45, 2.75) is 45.8 Å². The summed E-state index contributed by atoms with van der Waals surface area (Å²) in [5.74, 6) is -0.142. The zero-order valence-corrected chi connectivity index (χ0v) is 20.3. The topological polar surface area (TPSA) is 84.9 Å². The molecule has 6 nitrogen and oxygen atoms in total. The molecule has 0 saturated carbocycles. The van der Waals surface area contributed by atoms with Gasteiger partial charge in [0.05, 0.1) is 13.2 Å². The minimum atomic E-state index is -1.06. The molecule has 2 aliphatic rings. The van der Waals surface area contributed by atoms with Gasteiger partial charge in [-0.3, -0.25) is 4.79 Å². The number of carbonyl (C=O) groups is 2. The zero-order valence-electron chi connectivity index (χ0n) is 20.3. The van der Waals surface area contributed by atoms with E-state index in [0.717, 1.165) is 45.2 Å². The number of anilines is 1. The molecule has 0 aromatic heterocycles. The summed E-state index contributed by atoms with van der Waals surface area (Å²) in [5, 5.41) is 15.1. The van der Waals surface area contributed by atoms with Crippen molar-refractivity contribution in [1.82, 2.24) is 0 Å². The molecule has 0 amide bonds. The van der Waals surface area contributed by atoms with E-state index in [2.05, 4.69) is 43.4 Å². The van der Waals surface area contributed by atoms with Crippen LogP contribution in [0, 0.1) is 5.41 Å². The third-order valence-electron chi connectivity index (χ3n) is 6.91. The monoisotopic (exact) mass is 471 g/mol. The van der Waals surface area contributed by atoms with Gasteiger partial charge in [0.1, 0.15) is 0 Å². The first-order valence-electron chi connectivity index (χ1n) is 11.8. The Hall–Kier alpha value is -3.80. The second-order valence-corrected chi connectivity index (χ2v) is 10.1. The van der Waals surface area contributed by atoms with Crippen LogP contribution in [-0.4, -0.2) is 30.1 Å². The summed E-state index contributed by atoms with van der Waals surface area (Å²) in [7, 11) is 1.52. The van der Waals surface area contributed by atoms with E-state index >= 15 is 0 Å². The summed E-state index contributed by atoms with van der Waals surface area (Å²) >= 11 is 0. The standard InChI is InChI=1S/C29H29NO5/c1-16(28(32)33)35-23-12-10-18(13-24(23)34-4)27-26-20(14-29(2,3)15-22(26)31)25-19-8-6-5-7-17(19)9-11-21(25)30-27/h5-13,16,27,30H,14-15H2,1-4H3,(H,32,33)/t16-,27+/m0/s1. The number of Topliss-reactive ketones (excluding diaryl/α,β-unsaturated/α-hetero) is 1. The molecule has 5 rings (SSSR count). The number of rotatable bonds is 5. The summed E-state index contributed by atoms with van der Waals surface area (Å²) in [6, 6.07) is 17.5. The molecular formula is C29H29NO5. The molecule has 6 heteroatoms. The minimum absolute atomic E-state index is 0.131. The van der Waals surface area contributed by atoms with Crippen molar-refractivity contribution < 1.29 is 24.2 Å². The van der Waals surface area contributed by atoms with Gasteiger partial charge in [0.15, 0.2) is 23.4 Å². The van der Waals surface area contributed by atoms with Crippen LogP contribution in [0.4, 0.5) is 5.69 Å². The molecule has 1 aliphatic carbocycles. The zero-order chi connectivity index (χ0) is 24.9. The Morgan fingerprint density at radius 1 is 1.09 bits per heavy atom. The van der Waals surface area contributed by atoms with Crippen molar-refractivity contribution in [2.75, 3.05) is 12.4 Å². The highest BCUT2D eigenvalue weighted by Gasteiger charge is 2.41. The van der Waals surface area contributed by atoms with Gasteiger partial charge in [0.2, 0.25) is 0 Å². The van der Waals surface area contributed by atoms with Crippen LogP contribution < -0.4 is 14.8 Å². The number of carbonyl (C=O) groups excluding carboxylic acids is 1. The van der Waals surface area contributed by atoms with Crippen molar-refractivity contribution >= 4 is 33.8 Å². The van der Waals surface area contributed by atoms with E-state index in [9.17, 15) is 14.7 Å². The van der Waals surface area contributed by atoms with E-state index in [4.69, 9.17) is 9.47 Å². The fourth-order valence-corrected chi connectivity index (χ4v) is 5.29. The van der Waals surface area contributed by atoms with Gasteiger partial charge in [0, 0.05) is 23.2 Å². The van der Waals surface area contributed by atoms with E-state index in [1.807, 2.05) is 24.3 Å². The number of ketones is 1. The Labute approximate surface area is 204 Å². The molecule has 180 valence electrons. The summed E-state index contributed by atoms with van der Waals surface area (Å²) in [6.45, 7) is 5.77. The fraction of sp³-hybridized carbons (Fsp3) is 0.310. The minimum Gasteiger partial charge on any atom is -0.493 e.